The minimum Gasteiger partial charge on any atom is -0.381 e. The lowest BCUT2D eigenvalue weighted by Crippen LogP contribution is -2.34. The fraction of sp³-hybridized carbons (Fsp3) is 0.524. The Morgan fingerprint density at radius 1 is 1.11 bits per heavy atom. The number of fused-ring (bicyclic) bond motifs is 1. The lowest BCUT2D eigenvalue weighted by Gasteiger charge is -2.28. The first-order chi connectivity index (χ1) is 13.7. The second-order valence-corrected chi connectivity index (χ2v) is 8.61. The number of anilines is 1. The van der Waals surface area contributed by atoms with Crippen LogP contribution >= 0.6 is 11.6 Å². The molecule has 0 radical (unpaired) electrons. The summed E-state index contributed by atoms with van der Waals surface area (Å²) in [6.45, 7) is 5.42. The summed E-state index contributed by atoms with van der Waals surface area (Å²) >= 11 is 6.11. The van der Waals surface area contributed by atoms with Crippen molar-refractivity contribution in [2.45, 2.75) is 18.9 Å². The molecule has 28 heavy (non-hydrogen) atoms. The smallest absolute Gasteiger partial charge is 0.148 e. The van der Waals surface area contributed by atoms with E-state index >= 15 is 0 Å². The van der Waals surface area contributed by atoms with E-state index < -0.39 is 0 Å². The molecule has 0 bridgehead atoms. The number of piperidine rings is 1. The van der Waals surface area contributed by atoms with Crippen molar-refractivity contribution in [3.8, 4) is 11.3 Å². The molecule has 1 aromatic carbocycles. The minimum absolute atomic E-state index is 0.344. The van der Waals surface area contributed by atoms with Crippen molar-refractivity contribution < 1.29 is 9.13 Å². The van der Waals surface area contributed by atoms with Crippen molar-refractivity contribution in [2.75, 3.05) is 38.2 Å². The van der Waals surface area contributed by atoms with E-state index in [0.29, 0.717) is 34.2 Å². The summed E-state index contributed by atoms with van der Waals surface area (Å²) in [5.74, 6) is 2.67. The highest BCUT2D eigenvalue weighted by Gasteiger charge is 2.55. The largest absolute Gasteiger partial charge is 0.381 e. The number of aromatic nitrogens is 2. The summed E-state index contributed by atoms with van der Waals surface area (Å²) in [5.41, 5.74) is 1.34. The zero-order chi connectivity index (χ0) is 19.1. The van der Waals surface area contributed by atoms with Gasteiger partial charge in [0, 0.05) is 44.5 Å². The Kier molecular flexibility index (Phi) is 4.95. The summed E-state index contributed by atoms with van der Waals surface area (Å²) in [4.78, 5) is 2.62. The number of halogens is 2. The number of likely N-dealkylation sites (tertiary alicyclic amines) is 1. The first-order valence-corrected chi connectivity index (χ1v) is 10.4. The van der Waals surface area contributed by atoms with Crippen molar-refractivity contribution in [2.24, 2.45) is 17.8 Å². The zero-order valence-electron chi connectivity index (χ0n) is 15.7. The van der Waals surface area contributed by atoms with Gasteiger partial charge in [-0.15, -0.1) is 10.2 Å². The number of benzene rings is 1. The Bertz CT molecular complexity index is 831. The second kappa shape index (κ2) is 7.58. The molecule has 3 fully saturated rings. The number of ether oxygens (including phenoxy) is 1. The maximum Gasteiger partial charge on any atom is 0.148 e. The van der Waals surface area contributed by atoms with Crippen molar-refractivity contribution in [3.63, 3.8) is 0 Å². The fourth-order valence-electron chi connectivity index (χ4n) is 4.69. The average molecular weight is 403 g/mol. The molecule has 2 unspecified atom stereocenters. The monoisotopic (exact) mass is 402 g/mol. The zero-order valence-corrected chi connectivity index (χ0v) is 16.4. The maximum absolute atomic E-state index is 13.2. The van der Waals surface area contributed by atoms with Crippen molar-refractivity contribution >= 4 is 17.4 Å². The van der Waals surface area contributed by atoms with E-state index in [2.05, 4.69) is 20.4 Å². The molecule has 5 rings (SSSR count). The number of hydrogen-bond acceptors (Lipinski definition) is 5. The van der Waals surface area contributed by atoms with Crippen LogP contribution in [0.15, 0.2) is 30.3 Å². The molecule has 3 heterocycles. The van der Waals surface area contributed by atoms with Crippen LogP contribution in [0.5, 0.6) is 0 Å². The lowest BCUT2D eigenvalue weighted by atomic mass is 10.00. The van der Waals surface area contributed by atoms with Crippen molar-refractivity contribution in [3.05, 3.63) is 41.2 Å². The average Bonchev–Trinajstić information content (AvgIpc) is 3.14. The number of nitrogens with zero attached hydrogens (tertiary/aromatic N) is 3. The summed E-state index contributed by atoms with van der Waals surface area (Å²) in [6.07, 6.45) is 2.40. The molecule has 1 N–H and O–H groups in total. The van der Waals surface area contributed by atoms with E-state index in [1.165, 1.54) is 44.6 Å². The molecule has 2 aliphatic heterocycles. The highest BCUT2D eigenvalue weighted by atomic mass is 35.5. The SMILES string of the molecule is Fc1ccc(-c2ccc(NC3C4CN(CC5CCOCC5)CC43)nn2)c(Cl)c1. The third-order valence-electron chi connectivity index (χ3n) is 6.31. The molecule has 1 aromatic heterocycles. The summed E-state index contributed by atoms with van der Waals surface area (Å²) < 4.78 is 18.7. The topological polar surface area (TPSA) is 50.3 Å². The molecule has 2 saturated heterocycles. The van der Waals surface area contributed by atoms with Gasteiger partial charge in [-0.3, -0.25) is 0 Å². The standard InChI is InChI=1S/C21H24ClFN4O/c22-18-9-14(23)1-2-15(18)19-3-4-20(26-25-19)24-21-16-11-27(12-17(16)21)10-13-5-7-28-8-6-13/h1-4,9,13,16-17,21H,5-8,10-12H2,(H,24,26). The lowest BCUT2D eigenvalue weighted by molar-refractivity contribution is 0.0540. The molecule has 148 valence electrons. The Balaban J connectivity index is 1.14. The van der Waals surface area contributed by atoms with E-state index in [4.69, 9.17) is 16.3 Å². The van der Waals surface area contributed by atoms with Gasteiger partial charge in [0.25, 0.3) is 0 Å². The van der Waals surface area contributed by atoms with Crippen LogP contribution in [0.25, 0.3) is 11.3 Å². The number of hydrogen-bond donors (Lipinski definition) is 1. The summed E-state index contributed by atoms with van der Waals surface area (Å²) in [7, 11) is 0. The van der Waals surface area contributed by atoms with E-state index in [0.717, 1.165) is 24.9 Å². The van der Waals surface area contributed by atoms with Crippen molar-refractivity contribution in [1.82, 2.24) is 15.1 Å². The van der Waals surface area contributed by atoms with Gasteiger partial charge in [-0.25, -0.2) is 4.39 Å². The van der Waals surface area contributed by atoms with Crippen molar-refractivity contribution in [1.29, 1.82) is 0 Å². The van der Waals surface area contributed by atoms with E-state index in [9.17, 15) is 4.39 Å². The van der Waals surface area contributed by atoms with Gasteiger partial charge >= 0.3 is 0 Å². The minimum atomic E-state index is -0.355. The number of nitrogens with one attached hydrogen (secondary N) is 1. The van der Waals surface area contributed by atoms with Crippen LogP contribution in [0.1, 0.15) is 12.8 Å². The first-order valence-electron chi connectivity index (χ1n) is 10.0. The van der Waals surface area contributed by atoms with Crippen LogP contribution in [0, 0.1) is 23.6 Å². The van der Waals surface area contributed by atoms with Gasteiger partial charge < -0.3 is 15.0 Å². The van der Waals surface area contributed by atoms with Crippen LogP contribution in [0.3, 0.4) is 0 Å². The number of rotatable bonds is 5. The molecular formula is C21H24ClFN4O. The molecule has 1 aliphatic carbocycles. The Hall–Kier alpha value is -1.76. The van der Waals surface area contributed by atoms with Crippen LogP contribution in [-0.2, 0) is 4.74 Å². The molecule has 2 aromatic rings. The van der Waals surface area contributed by atoms with Gasteiger partial charge in [0.05, 0.1) is 10.7 Å². The summed E-state index contributed by atoms with van der Waals surface area (Å²) in [5, 5.41) is 12.4. The van der Waals surface area contributed by atoms with Gasteiger partial charge in [-0.2, -0.15) is 0 Å². The van der Waals surface area contributed by atoms with Crippen LogP contribution in [0.4, 0.5) is 10.2 Å². The molecule has 2 atom stereocenters. The molecule has 0 spiro atoms. The fourth-order valence-corrected chi connectivity index (χ4v) is 4.96. The van der Waals surface area contributed by atoms with Gasteiger partial charge in [0.15, 0.2) is 0 Å². The Morgan fingerprint density at radius 2 is 1.89 bits per heavy atom. The molecular weight excluding hydrogens is 379 g/mol. The van der Waals surface area contributed by atoms with Gasteiger partial charge in [-0.05, 0) is 60.9 Å². The summed E-state index contributed by atoms with van der Waals surface area (Å²) in [6, 6.07) is 8.61. The van der Waals surface area contributed by atoms with Gasteiger partial charge in [0.1, 0.15) is 11.6 Å². The Morgan fingerprint density at radius 3 is 2.57 bits per heavy atom. The van der Waals surface area contributed by atoms with Gasteiger partial charge in [0.2, 0.25) is 0 Å². The van der Waals surface area contributed by atoms with E-state index in [1.54, 1.807) is 6.07 Å². The normalized spacial score (nSPS) is 27.6. The molecule has 7 heteroatoms. The molecule has 1 saturated carbocycles. The molecule has 0 amide bonds. The molecule has 3 aliphatic rings. The first kappa shape index (κ1) is 18.3. The molecule has 5 nitrogen and oxygen atoms in total. The predicted molar refractivity (Wildman–Crippen MR) is 107 cm³/mol. The predicted octanol–water partition coefficient (Wildman–Crippen LogP) is 3.70. The van der Waals surface area contributed by atoms with E-state index in [-0.39, 0.29) is 5.82 Å². The second-order valence-electron chi connectivity index (χ2n) is 8.20. The third kappa shape index (κ3) is 3.73. The van der Waals surface area contributed by atoms with E-state index in [1.807, 2.05) is 12.1 Å². The highest BCUT2D eigenvalue weighted by molar-refractivity contribution is 6.33. The van der Waals surface area contributed by atoms with Crippen LogP contribution < -0.4 is 5.32 Å². The van der Waals surface area contributed by atoms with Gasteiger partial charge in [-0.1, -0.05) is 11.6 Å². The third-order valence-corrected chi connectivity index (χ3v) is 6.63. The highest BCUT2D eigenvalue weighted by Crippen LogP contribution is 2.47. The quantitative estimate of drug-likeness (QED) is 0.826. The van der Waals surface area contributed by atoms with Crippen LogP contribution in [-0.4, -0.2) is 54.0 Å². The Labute approximate surface area is 169 Å². The van der Waals surface area contributed by atoms with Crippen LogP contribution in [0.2, 0.25) is 5.02 Å². The maximum atomic E-state index is 13.2.